The van der Waals surface area contributed by atoms with Crippen molar-refractivity contribution in [2.75, 3.05) is 0 Å². The predicted octanol–water partition coefficient (Wildman–Crippen LogP) is 0.00659. The fourth-order valence-corrected chi connectivity index (χ4v) is 5.10. The second kappa shape index (κ2) is 5.53. The summed E-state index contributed by atoms with van der Waals surface area (Å²) in [7, 11) is -1.53. The number of fused-ring (bicyclic) bond motifs is 3. The molecule has 19 heavy (non-hydrogen) atoms. The first-order valence-electron chi connectivity index (χ1n) is 4.82. The largest absolute Gasteiger partial charge is 1.00 e. The Morgan fingerprint density at radius 1 is 1.32 bits per heavy atom. The fraction of sp³-hybridized carbons (Fsp3) is 0.100. The summed E-state index contributed by atoms with van der Waals surface area (Å²) in [6.45, 7) is 0.393. The van der Waals surface area contributed by atoms with Gasteiger partial charge in [0, 0.05) is 11.1 Å². The second-order valence-corrected chi connectivity index (χ2v) is 7.86. The van der Waals surface area contributed by atoms with Gasteiger partial charge in [0.2, 0.25) is 0 Å². The summed E-state index contributed by atoms with van der Waals surface area (Å²) in [6.07, 6.45) is 0. The standard InChI is InChI=1S/C10H6O4S4.Na/c11-18(12,13)5-1-2-8-6(3-5)9-7(4-14-8)10(15)17-16-9;/h1-3H,4H2,(H,11,12,13);/q;+1/p-1. The van der Waals surface area contributed by atoms with Crippen LogP contribution in [0.25, 0.3) is 10.4 Å². The van der Waals surface area contributed by atoms with E-state index in [1.807, 2.05) is 0 Å². The summed E-state index contributed by atoms with van der Waals surface area (Å²) < 4.78 is 39.3. The van der Waals surface area contributed by atoms with Gasteiger partial charge in [-0.2, -0.15) is 0 Å². The third kappa shape index (κ3) is 2.81. The van der Waals surface area contributed by atoms with E-state index in [0.29, 0.717) is 17.9 Å². The molecule has 0 saturated heterocycles. The van der Waals surface area contributed by atoms with E-state index in [1.54, 1.807) is 0 Å². The molecule has 4 nitrogen and oxygen atoms in total. The van der Waals surface area contributed by atoms with Gasteiger partial charge < -0.3 is 9.29 Å². The van der Waals surface area contributed by atoms with Crippen LogP contribution < -0.4 is 34.3 Å². The van der Waals surface area contributed by atoms with Crippen LogP contribution in [0.4, 0.5) is 0 Å². The summed E-state index contributed by atoms with van der Waals surface area (Å²) >= 11 is 5.18. The third-order valence-corrected chi connectivity index (χ3v) is 6.59. The Morgan fingerprint density at radius 3 is 2.74 bits per heavy atom. The van der Waals surface area contributed by atoms with Crippen LogP contribution in [0, 0.1) is 3.82 Å². The number of hydrogen-bond acceptors (Lipinski definition) is 7. The quantitative estimate of drug-likeness (QED) is 0.317. The molecule has 1 aromatic heterocycles. The first-order chi connectivity index (χ1) is 8.47. The van der Waals surface area contributed by atoms with Crippen molar-refractivity contribution >= 4 is 43.0 Å². The number of rotatable bonds is 1. The predicted molar refractivity (Wildman–Crippen MR) is 70.8 cm³/mol. The first-order valence-corrected chi connectivity index (χ1v) is 8.78. The van der Waals surface area contributed by atoms with Crippen molar-refractivity contribution in [3.63, 3.8) is 0 Å². The molecule has 0 spiro atoms. The van der Waals surface area contributed by atoms with Gasteiger partial charge in [-0.05, 0) is 18.2 Å². The van der Waals surface area contributed by atoms with Gasteiger partial charge in [-0.3, -0.25) is 0 Å². The summed E-state index contributed by atoms with van der Waals surface area (Å²) in [5.74, 6) is 0.582. The van der Waals surface area contributed by atoms with Crippen LogP contribution in [0.1, 0.15) is 5.56 Å². The topological polar surface area (TPSA) is 66.4 Å². The molecule has 0 unspecified atom stereocenters. The zero-order valence-corrected chi connectivity index (χ0v) is 15.0. The Balaban J connectivity index is 0.00000133. The Labute approximate surface area is 144 Å². The molecular weight excluding hydrogens is 335 g/mol. The summed E-state index contributed by atoms with van der Waals surface area (Å²) in [5.41, 5.74) is 1.53. The van der Waals surface area contributed by atoms with Crippen LogP contribution in [0.5, 0.6) is 5.75 Å². The van der Waals surface area contributed by atoms with E-state index in [2.05, 4.69) is 0 Å². The zero-order valence-electron chi connectivity index (χ0n) is 9.71. The molecular formula is C10H5NaO4S4. The Morgan fingerprint density at radius 2 is 2.05 bits per heavy atom. The van der Waals surface area contributed by atoms with Crippen molar-refractivity contribution in [2.45, 2.75) is 11.5 Å². The maximum Gasteiger partial charge on any atom is 1.00 e. The Kier molecular flexibility index (Phi) is 4.54. The average Bonchev–Trinajstić information content (AvgIpc) is 2.70. The summed E-state index contributed by atoms with van der Waals surface area (Å²) in [6, 6.07) is 4.13. The number of benzene rings is 1. The van der Waals surface area contributed by atoms with Gasteiger partial charge in [-0.1, -0.05) is 32.9 Å². The maximum absolute atomic E-state index is 11.0. The van der Waals surface area contributed by atoms with Crippen molar-refractivity contribution in [1.29, 1.82) is 0 Å². The van der Waals surface area contributed by atoms with Gasteiger partial charge in [0.25, 0.3) is 0 Å². The fourth-order valence-electron chi connectivity index (χ4n) is 1.72. The van der Waals surface area contributed by atoms with E-state index in [4.69, 9.17) is 17.0 Å². The molecule has 0 fully saturated rings. The SMILES string of the molecule is O=S(=O)([O-])c1ccc2c(c1)-c1ssc(=S)c1CO2.[Na+]. The molecule has 2 heterocycles. The molecule has 9 heteroatoms. The van der Waals surface area contributed by atoms with Crippen molar-refractivity contribution < 1.29 is 47.3 Å². The Hall–Kier alpha value is 0.200. The number of ether oxygens (including phenoxy) is 1. The van der Waals surface area contributed by atoms with Crippen LogP contribution in [0.2, 0.25) is 0 Å². The summed E-state index contributed by atoms with van der Waals surface area (Å²) in [4.78, 5) is 0.652. The molecule has 3 rings (SSSR count). The molecule has 0 atom stereocenters. The smallest absolute Gasteiger partial charge is 0.744 e. The van der Waals surface area contributed by atoms with Crippen LogP contribution in [0.3, 0.4) is 0 Å². The van der Waals surface area contributed by atoms with Crippen molar-refractivity contribution in [2.24, 2.45) is 0 Å². The van der Waals surface area contributed by atoms with Crippen LogP contribution in [-0.4, -0.2) is 13.0 Å². The molecule has 0 amide bonds. The zero-order chi connectivity index (χ0) is 12.9. The minimum absolute atomic E-state index is 0. The molecule has 0 bridgehead atoms. The van der Waals surface area contributed by atoms with Crippen molar-refractivity contribution in [3.8, 4) is 16.2 Å². The molecule has 94 valence electrons. The molecule has 0 aliphatic carbocycles. The van der Waals surface area contributed by atoms with Crippen LogP contribution in [-0.2, 0) is 16.7 Å². The van der Waals surface area contributed by atoms with E-state index in [9.17, 15) is 13.0 Å². The van der Waals surface area contributed by atoms with Gasteiger partial charge in [0.15, 0.2) is 0 Å². The van der Waals surface area contributed by atoms with Crippen molar-refractivity contribution in [1.82, 2.24) is 0 Å². The van der Waals surface area contributed by atoms with E-state index >= 15 is 0 Å². The Bertz CT molecular complexity index is 790. The third-order valence-electron chi connectivity index (χ3n) is 2.58. The van der Waals surface area contributed by atoms with Crippen LogP contribution in [0.15, 0.2) is 23.1 Å². The van der Waals surface area contributed by atoms with Crippen LogP contribution >= 0.6 is 32.9 Å². The van der Waals surface area contributed by atoms with E-state index < -0.39 is 10.1 Å². The van der Waals surface area contributed by atoms with Gasteiger partial charge in [-0.25, -0.2) is 8.42 Å². The van der Waals surface area contributed by atoms with Gasteiger partial charge in [0.05, 0.1) is 9.77 Å². The van der Waals surface area contributed by atoms with E-state index in [1.165, 1.54) is 38.9 Å². The molecule has 0 N–H and O–H groups in total. The molecule has 1 aromatic carbocycles. The van der Waals surface area contributed by atoms with Gasteiger partial charge in [0.1, 0.15) is 26.3 Å². The maximum atomic E-state index is 11.0. The normalized spacial score (nSPS) is 12.9. The molecule has 0 saturated carbocycles. The second-order valence-electron chi connectivity index (χ2n) is 3.66. The number of hydrogen-bond donors (Lipinski definition) is 0. The monoisotopic (exact) mass is 340 g/mol. The minimum Gasteiger partial charge on any atom is -0.744 e. The molecule has 0 radical (unpaired) electrons. The van der Waals surface area contributed by atoms with E-state index in [0.717, 1.165) is 14.3 Å². The molecule has 1 aliphatic heterocycles. The minimum atomic E-state index is -4.46. The van der Waals surface area contributed by atoms with Gasteiger partial charge in [-0.15, -0.1) is 0 Å². The van der Waals surface area contributed by atoms with Crippen molar-refractivity contribution in [3.05, 3.63) is 27.6 Å². The summed E-state index contributed by atoms with van der Waals surface area (Å²) in [5, 5.41) is 0. The van der Waals surface area contributed by atoms with E-state index in [-0.39, 0.29) is 34.5 Å². The average molecular weight is 340 g/mol. The first kappa shape index (κ1) is 15.6. The molecule has 1 aliphatic rings. The van der Waals surface area contributed by atoms with Gasteiger partial charge >= 0.3 is 29.6 Å². The molecule has 2 aromatic rings.